The summed E-state index contributed by atoms with van der Waals surface area (Å²) in [5.74, 6) is 0.756. The van der Waals surface area contributed by atoms with E-state index in [-0.39, 0.29) is 24.0 Å². The van der Waals surface area contributed by atoms with E-state index < -0.39 is 12.2 Å². The number of hydrogen-bond donors (Lipinski definition) is 1. The molecule has 1 aromatic carbocycles. The zero-order chi connectivity index (χ0) is 18.4. The third kappa shape index (κ3) is 6.61. The zero-order valence-electron chi connectivity index (χ0n) is 15.5. The lowest BCUT2D eigenvalue weighted by Crippen LogP contribution is -2.56. The van der Waals surface area contributed by atoms with Crippen LogP contribution in [0.3, 0.4) is 0 Å². The number of aryl methyl sites for hydroxylation is 1. The van der Waals surface area contributed by atoms with Crippen LogP contribution in [0, 0.1) is 6.92 Å². The molecule has 1 saturated heterocycles. The van der Waals surface area contributed by atoms with Gasteiger partial charge in [0.25, 0.3) is 0 Å². The fraction of sp³-hybridized carbons (Fsp3) is 0.611. The molecule has 26 heavy (non-hydrogen) atoms. The van der Waals surface area contributed by atoms with Crippen molar-refractivity contribution >= 4 is 29.9 Å². The number of piperazine rings is 1. The number of guanidine groups is 1. The van der Waals surface area contributed by atoms with Crippen molar-refractivity contribution in [3.63, 3.8) is 0 Å². The van der Waals surface area contributed by atoms with Gasteiger partial charge in [-0.1, -0.05) is 29.8 Å². The quantitative estimate of drug-likeness (QED) is 0.405. The molecule has 1 N–H and O–H groups in total. The number of benzene rings is 1. The van der Waals surface area contributed by atoms with Crippen LogP contribution in [0.25, 0.3) is 0 Å². The maximum Gasteiger partial charge on any atom is 0.403 e. The third-order valence-electron chi connectivity index (χ3n) is 4.63. The lowest BCUT2D eigenvalue weighted by atomic mass is 10.1. The summed E-state index contributed by atoms with van der Waals surface area (Å²) in [6, 6.07) is 6.96. The summed E-state index contributed by atoms with van der Waals surface area (Å²) in [7, 11) is 1.71. The fourth-order valence-electron chi connectivity index (χ4n) is 3.05. The third-order valence-corrected chi connectivity index (χ3v) is 4.63. The van der Waals surface area contributed by atoms with Gasteiger partial charge in [-0.25, -0.2) is 0 Å². The van der Waals surface area contributed by atoms with E-state index in [9.17, 15) is 13.2 Å². The fourth-order valence-corrected chi connectivity index (χ4v) is 3.05. The molecule has 0 aromatic heterocycles. The number of halogens is 4. The Morgan fingerprint density at radius 2 is 1.88 bits per heavy atom. The standard InChI is InChI=1S/C18H27F3N4.HI/c1-14-5-4-6-16(13-14)7-8-23-17(22-3)25-11-9-24(10-12-25)15(2)18(19,20)21;/h4-6,13,15H,7-12H2,1-3H3,(H,22,23);1H. The average molecular weight is 484 g/mol. The first-order valence-corrected chi connectivity index (χ1v) is 8.63. The highest BCUT2D eigenvalue weighted by Gasteiger charge is 2.41. The van der Waals surface area contributed by atoms with Crippen LogP contribution in [0.2, 0.25) is 0 Å². The molecular weight excluding hydrogens is 456 g/mol. The summed E-state index contributed by atoms with van der Waals surface area (Å²) in [5.41, 5.74) is 2.49. The van der Waals surface area contributed by atoms with Crippen molar-refractivity contribution in [1.82, 2.24) is 15.1 Å². The van der Waals surface area contributed by atoms with E-state index in [4.69, 9.17) is 0 Å². The van der Waals surface area contributed by atoms with Crippen molar-refractivity contribution < 1.29 is 13.2 Å². The molecule has 0 bridgehead atoms. The molecular formula is C18H28F3IN4. The van der Waals surface area contributed by atoms with Gasteiger partial charge in [0.2, 0.25) is 0 Å². The molecule has 1 unspecified atom stereocenters. The smallest absolute Gasteiger partial charge is 0.356 e. The molecule has 8 heteroatoms. The second-order valence-electron chi connectivity index (χ2n) is 6.45. The van der Waals surface area contributed by atoms with Gasteiger partial charge >= 0.3 is 6.18 Å². The molecule has 1 heterocycles. The van der Waals surface area contributed by atoms with Crippen LogP contribution in [-0.2, 0) is 6.42 Å². The van der Waals surface area contributed by atoms with Gasteiger partial charge in [-0.05, 0) is 25.8 Å². The monoisotopic (exact) mass is 484 g/mol. The first-order chi connectivity index (χ1) is 11.8. The number of alkyl halides is 3. The molecule has 2 rings (SSSR count). The molecule has 148 valence electrons. The average Bonchev–Trinajstić information content (AvgIpc) is 2.58. The van der Waals surface area contributed by atoms with Crippen molar-refractivity contribution in [2.75, 3.05) is 39.8 Å². The van der Waals surface area contributed by atoms with Crippen LogP contribution >= 0.6 is 24.0 Å². The minimum Gasteiger partial charge on any atom is -0.356 e. The van der Waals surface area contributed by atoms with Crippen molar-refractivity contribution in [3.8, 4) is 0 Å². The Kier molecular flexibility index (Phi) is 9.15. The van der Waals surface area contributed by atoms with Crippen molar-refractivity contribution in [2.45, 2.75) is 32.5 Å². The minimum atomic E-state index is -4.17. The second kappa shape index (κ2) is 10.3. The summed E-state index contributed by atoms with van der Waals surface area (Å²) < 4.78 is 38.5. The number of nitrogens with one attached hydrogen (secondary N) is 1. The summed E-state index contributed by atoms with van der Waals surface area (Å²) in [5, 5.41) is 3.32. The summed E-state index contributed by atoms with van der Waals surface area (Å²) in [6.07, 6.45) is -3.29. The number of nitrogens with zero attached hydrogens (tertiary/aromatic N) is 3. The molecule has 0 aliphatic carbocycles. The van der Waals surface area contributed by atoms with Crippen LogP contribution in [0.4, 0.5) is 13.2 Å². The molecule has 0 saturated carbocycles. The first kappa shape index (κ1) is 23.0. The zero-order valence-corrected chi connectivity index (χ0v) is 17.8. The molecule has 4 nitrogen and oxygen atoms in total. The Morgan fingerprint density at radius 3 is 2.42 bits per heavy atom. The van der Waals surface area contributed by atoms with Crippen LogP contribution in [0.1, 0.15) is 18.1 Å². The topological polar surface area (TPSA) is 30.9 Å². The van der Waals surface area contributed by atoms with E-state index in [0.29, 0.717) is 26.2 Å². The highest BCUT2D eigenvalue weighted by Crippen LogP contribution is 2.25. The van der Waals surface area contributed by atoms with E-state index in [0.717, 1.165) is 18.9 Å². The van der Waals surface area contributed by atoms with Gasteiger partial charge in [0.05, 0.1) is 0 Å². The second-order valence-corrected chi connectivity index (χ2v) is 6.45. The molecule has 0 spiro atoms. The maximum absolute atomic E-state index is 12.8. The summed E-state index contributed by atoms with van der Waals surface area (Å²) >= 11 is 0. The van der Waals surface area contributed by atoms with E-state index >= 15 is 0 Å². The Morgan fingerprint density at radius 1 is 1.23 bits per heavy atom. The predicted molar refractivity (Wildman–Crippen MR) is 110 cm³/mol. The molecule has 1 fully saturated rings. The predicted octanol–water partition coefficient (Wildman–Crippen LogP) is 3.30. The molecule has 1 atom stereocenters. The van der Waals surface area contributed by atoms with E-state index in [1.54, 1.807) is 7.05 Å². The lowest BCUT2D eigenvalue weighted by molar-refractivity contribution is -0.181. The highest BCUT2D eigenvalue weighted by molar-refractivity contribution is 14.0. The molecule has 1 aromatic rings. The van der Waals surface area contributed by atoms with Crippen molar-refractivity contribution in [2.24, 2.45) is 4.99 Å². The van der Waals surface area contributed by atoms with Crippen LogP contribution in [0.15, 0.2) is 29.3 Å². The number of hydrogen-bond acceptors (Lipinski definition) is 2. The Hall–Kier alpha value is -1.03. The van der Waals surface area contributed by atoms with E-state index in [1.807, 2.05) is 11.0 Å². The minimum absolute atomic E-state index is 0. The first-order valence-electron chi connectivity index (χ1n) is 8.63. The van der Waals surface area contributed by atoms with Crippen LogP contribution in [-0.4, -0.2) is 67.7 Å². The van der Waals surface area contributed by atoms with Gasteiger partial charge in [-0.3, -0.25) is 9.89 Å². The van der Waals surface area contributed by atoms with Crippen LogP contribution < -0.4 is 5.32 Å². The van der Waals surface area contributed by atoms with Gasteiger partial charge in [-0.15, -0.1) is 24.0 Å². The van der Waals surface area contributed by atoms with Crippen molar-refractivity contribution in [3.05, 3.63) is 35.4 Å². The maximum atomic E-state index is 12.8. The molecule has 1 aliphatic heterocycles. The Balaban J connectivity index is 0.00000338. The highest BCUT2D eigenvalue weighted by atomic mass is 127. The number of rotatable bonds is 4. The molecule has 0 radical (unpaired) electrons. The van der Waals surface area contributed by atoms with Crippen molar-refractivity contribution in [1.29, 1.82) is 0 Å². The summed E-state index contributed by atoms with van der Waals surface area (Å²) in [4.78, 5) is 7.78. The Bertz CT molecular complexity index is 584. The van der Waals surface area contributed by atoms with Gasteiger partial charge < -0.3 is 10.2 Å². The normalized spacial score (nSPS) is 17.6. The van der Waals surface area contributed by atoms with Gasteiger partial charge in [0.1, 0.15) is 6.04 Å². The van der Waals surface area contributed by atoms with E-state index in [2.05, 4.69) is 35.4 Å². The lowest BCUT2D eigenvalue weighted by Gasteiger charge is -2.39. The largest absolute Gasteiger partial charge is 0.403 e. The molecule has 1 aliphatic rings. The Labute approximate surface area is 170 Å². The molecule has 0 amide bonds. The summed E-state index contributed by atoms with van der Waals surface area (Å²) in [6.45, 7) is 5.91. The van der Waals surface area contributed by atoms with E-state index in [1.165, 1.54) is 23.0 Å². The SMILES string of the molecule is CN=C(NCCc1cccc(C)c1)N1CCN(C(C)C(F)(F)F)CC1.I. The van der Waals surface area contributed by atoms with Gasteiger partial charge in [0.15, 0.2) is 5.96 Å². The number of aliphatic imine (C=N–C) groups is 1. The van der Waals surface area contributed by atoms with Gasteiger partial charge in [0, 0.05) is 39.8 Å². The van der Waals surface area contributed by atoms with Gasteiger partial charge in [-0.2, -0.15) is 13.2 Å². The van der Waals surface area contributed by atoms with Crippen LogP contribution in [0.5, 0.6) is 0 Å².